The van der Waals surface area contributed by atoms with Crippen LogP contribution in [-0.2, 0) is 0 Å². The predicted octanol–water partition coefficient (Wildman–Crippen LogP) is 1.99. The molecule has 0 amide bonds. The van der Waals surface area contributed by atoms with Gasteiger partial charge in [-0.25, -0.2) is 0 Å². The van der Waals surface area contributed by atoms with Crippen LogP contribution in [0.15, 0.2) is 28.9 Å². The van der Waals surface area contributed by atoms with Gasteiger partial charge in [0.15, 0.2) is 0 Å². The Morgan fingerprint density at radius 3 is 2.83 bits per heavy atom. The number of pyridine rings is 1. The molecule has 2 heterocycles. The van der Waals surface area contributed by atoms with E-state index in [1.54, 1.807) is 6.20 Å². The summed E-state index contributed by atoms with van der Waals surface area (Å²) in [6.45, 7) is 3.96. The first-order valence-electron chi connectivity index (χ1n) is 6.05. The highest BCUT2D eigenvalue weighted by Gasteiger charge is 2.16. The number of aromatic nitrogens is 1. The molecule has 1 aromatic carbocycles. The molecule has 0 unspecified atom stereocenters. The van der Waals surface area contributed by atoms with Crippen LogP contribution in [0.25, 0.3) is 10.9 Å². The molecule has 1 aliphatic heterocycles. The number of anilines is 2. The molecule has 18 heavy (non-hydrogen) atoms. The quantitative estimate of drug-likeness (QED) is 0.846. The Hall–Kier alpha value is -1.33. The second kappa shape index (κ2) is 4.74. The second-order valence-corrected chi connectivity index (χ2v) is 5.38. The fourth-order valence-corrected chi connectivity index (χ4v) is 2.77. The van der Waals surface area contributed by atoms with E-state index in [0.29, 0.717) is 0 Å². The number of rotatable bonds is 1. The Bertz CT molecular complexity index is 573. The van der Waals surface area contributed by atoms with Crippen molar-refractivity contribution in [2.45, 2.75) is 0 Å². The van der Waals surface area contributed by atoms with Crippen LogP contribution in [0.1, 0.15) is 0 Å². The molecule has 3 rings (SSSR count). The number of nitrogens with two attached hydrogens (primary N) is 1. The zero-order chi connectivity index (χ0) is 12.5. The molecule has 3 N–H and O–H groups in total. The summed E-state index contributed by atoms with van der Waals surface area (Å²) in [7, 11) is 0. The third-order valence-corrected chi connectivity index (χ3v) is 3.76. The Labute approximate surface area is 114 Å². The molecule has 1 fully saturated rings. The highest BCUT2D eigenvalue weighted by molar-refractivity contribution is 9.10. The predicted molar refractivity (Wildman–Crippen MR) is 78.9 cm³/mol. The average molecular weight is 307 g/mol. The maximum absolute atomic E-state index is 6.13. The molecule has 2 aromatic rings. The van der Waals surface area contributed by atoms with Gasteiger partial charge < -0.3 is 16.0 Å². The zero-order valence-electron chi connectivity index (χ0n) is 9.99. The van der Waals surface area contributed by atoms with Crippen LogP contribution in [-0.4, -0.2) is 31.2 Å². The lowest BCUT2D eigenvalue weighted by molar-refractivity contribution is 0.590. The lowest BCUT2D eigenvalue weighted by Gasteiger charge is -2.31. The molecule has 4 nitrogen and oxygen atoms in total. The molecular formula is C13H15BrN4. The van der Waals surface area contributed by atoms with E-state index in [-0.39, 0.29) is 0 Å². The summed E-state index contributed by atoms with van der Waals surface area (Å²) >= 11 is 3.52. The summed E-state index contributed by atoms with van der Waals surface area (Å²) in [4.78, 5) is 6.72. The fraction of sp³-hybridized carbons (Fsp3) is 0.308. The number of nitrogens with zero attached hydrogens (tertiary/aromatic N) is 2. The Balaban J connectivity index is 2.18. The minimum absolute atomic E-state index is 0.752. The molecular weight excluding hydrogens is 292 g/mol. The summed E-state index contributed by atoms with van der Waals surface area (Å²) in [6.07, 6.45) is 1.76. The van der Waals surface area contributed by atoms with Crippen molar-refractivity contribution in [3.63, 3.8) is 0 Å². The number of nitrogen functional groups attached to an aromatic ring is 1. The smallest absolute Gasteiger partial charge is 0.0745 e. The monoisotopic (exact) mass is 306 g/mol. The van der Waals surface area contributed by atoms with Crippen LogP contribution in [0.5, 0.6) is 0 Å². The molecule has 0 aliphatic carbocycles. The summed E-state index contributed by atoms with van der Waals surface area (Å²) in [6, 6.07) is 6.12. The Morgan fingerprint density at radius 1 is 1.28 bits per heavy atom. The number of fused-ring (bicyclic) bond motifs is 1. The van der Waals surface area contributed by atoms with Crippen molar-refractivity contribution in [3.05, 3.63) is 28.9 Å². The van der Waals surface area contributed by atoms with Crippen LogP contribution in [0.4, 0.5) is 11.4 Å². The topological polar surface area (TPSA) is 54.2 Å². The molecule has 1 aliphatic rings. The highest BCUT2D eigenvalue weighted by atomic mass is 79.9. The summed E-state index contributed by atoms with van der Waals surface area (Å²) in [5.41, 5.74) is 8.98. The van der Waals surface area contributed by atoms with Gasteiger partial charge in [0.2, 0.25) is 0 Å². The van der Waals surface area contributed by atoms with Crippen LogP contribution < -0.4 is 16.0 Å². The first-order chi connectivity index (χ1) is 8.75. The minimum atomic E-state index is 0.752. The number of hydrogen-bond donors (Lipinski definition) is 2. The van der Waals surface area contributed by atoms with Crippen LogP contribution in [0.3, 0.4) is 0 Å². The number of hydrogen-bond acceptors (Lipinski definition) is 4. The van der Waals surface area contributed by atoms with Gasteiger partial charge in [-0.15, -0.1) is 0 Å². The van der Waals surface area contributed by atoms with Gasteiger partial charge in [-0.05, 0) is 18.2 Å². The van der Waals surface area contributed by atoms with Crippen molar-refractivity contribution < 1.29 is 0 Å². The van der Waals surface area contributed by atoms with E-state index in [1.807, 2.05) is 12.1 Å². The number of halogens is 1. The maximum atomic E-state index is 6.13. The normalized spacial score (nSPS) is 16.2. The van der Waals surface area contributed by atoms with Gasteiger partial charge >= 0.3 is 0 Å². The molecule has 94 valence electrons. The van der Waals surface area contributed by atoms with Gasteiger partial charge in [-0.2, -0.15) is 0 Å². The average Bonchev–Trinajstić information content (AvgIpc) is 2.39. The van der Waals surface area contributed by atoms with E-state index in [0.717, 1.165) is 52.9 Å². The van der Waals surface area contributed by atoms with E-state index >= 15 is 0 Å². The molecule has 1 aromatic heterocycles. The largest absolute Gasteiger partial charge is 0.396 e. The molecule has 1 saturated heterocycles. The third-order valence-electron chi connectivity index (χ3n) is 3.26. The second-order valence-electron chi connectivity index (χ2n) is 4.46. The summed E-state index contributed by atoms with van der Waals surface area (Å²) < 4.78 is 1.05. The molecule has 0 saturated carbocycles. The van der Waals surface area contributed by atoms with Gasteiger partial charge in [0.25, 0.3) is 0 Å². The molecule has 0 atom stereocenters. The SMILES string of the molecule is Nc1cnc2ccc(Br)cc2c1N1CCNCC1. The van der Waals surface area contributed by atoms with E-state index < -0.39 is 0 Å². The highest BCUT2D eigenvalue weighted by Crippen LogP contribution is 2.33. The van der Waals surface area contributed by atoms with Crippen molar-refractivity contribution in [2.24, 2.45) is 0 Å². The van der Waals surface area contributed by atoms with E-state index in [9.17, 15) is 0 Å². The van der Waals surface area contributed by atoms with E-state index in [4.69, 9.17) is 5.73 Å². The van der Waals surface area contributed by atoms with Gasteiger partial charge in [0.1, 0.15) is 0 Å². The lowest BCUT2D eigenvalue weighted by atomic mass is 10.1. The van der Waals surface area contributed by atoms with Gasteiger partial charge in [-0.1, -0.05) is 15.9 Å². The minimum Gasteiger partial charge on any atom is -0.396 e. The number of benzene rings is 1. The van der Waals surface area contributed by atoms with Crippen molar-refractivity contribution in [1.82, 2.24) is 10.3 Å². The van der Waals surface area contributed by atoms with E-state index in [2.05, 4.69) is 37.2 Å². The lowest BCUT2D eigenvalue weighted by Crippen LogP contribution is -2.43. The first-order valence-corrected chi connectivity index (χ1v) is 6.84. The molecule has 5 heteroatoms. The van der Waals surface area contributed by atoms with Crippen LogP contribution in [0.2, 0.25) is 0 Å². The summed E-state index contributed by atoms with van der Waals surface area (Å²) in [5, 5.41) is 4.47. The third kappa shape index (κ3) is 2.04. The Morgan fingerprint density at radius 2 is 2.06 bits per heavy atom. The Kier molecular flexibility index (Phi) is 3.09. The van der Waals surface area contributed by atoms with Crippen LogP contribution >= 0.6 is 15.9 Å². The fourth-order valence-electron chi connectivity index (χ4n) is 2.41. The van der Waals surface area contributed by atoms with E-state index in [1.165, 1.54) is 0 Å². The molecule has 0 spiro atoms. The van der Waals surface area contributed by atoms with Gasteiger partial charge in [0, 0.05) is 36.0 Å². The van der Waals surface area contributed by atoms with Crippen molar-refractivity contribution in [1.29, 1.82) is 0 Å². The van der Waals surface area contributed by atoms with Crippen molar-refractivity contribution in [2.75, 3.05) is 36.8 Å². The number of nitrogens with one attached hydrogen (secondary N) is 1. The molecule has 0 bridgehead atoms. The maximum Gasteiger partial charge on any atom is 0.0745 e. The van der Waals surface area contributed by atoms with Crippen LogP contribution in [0, 0.1) is 0 Å². The van der Waals surface area contributed by atoms with Gasteiger partial charge in [0.05, 0.1) is 23.1 Å². The van der Waals surface area contributed by atoms with Gasteiger partial charge in [-0.3, -0.25) is 4.98 Å². The first kappa shape index (κ1) is 11.7. The summed E-state index contributed by atoms with van der Waals surface area (Å²) in [5.74, 6) is 0. The number of piperazine rings is 1. The molecule has 0 radical (unpaired) electrons. The van der Waals surface area contributed by atoms with Crippen molar-refractivity contribution >= 4 is 38.2 Å². The van der Waals surface area contributed by atoms with Crippen molar-refractivity contribution in [3.8, 4) is 0 Å². The standard InChI is InChI=1S/C13H15BrN4/c14-9-1-2-12-10(7-9)13(11(15)8-17-12)18-5-3-16-4-6-18/h1-2,7-8,16H,3-6,15H2. The zero-order valence-corrected chi connectivity index (χ0v) is 11.6.